The zero-order valence-corrected chi connectivity index (χ0v) is 25.6. The van der Waals surface area contributed by atoms with Crippen LogP contribution in [0, 0.1) is 29.6 Å². The van der Waals surface area contributed by atoms with Gasteiger partial charge in [-0.2, -0.15) is 0 Å². The maximum Gasteiger partial charge on any atom is 0.305 e. The first kappa shape index (κ1) is 27.5. The first-order chi connectivity index (χ1) is 20.9. The lowest BCUT2D eigenvalue weighted by molar-refractivity contribution is -0.134. The van der Waals surface area contributed by atoms with E-state index in [9.17, 15) is 19.2 Å². The number of ether oxygens (including phenoxy) is 1. The number of carbonyl (C=O) groups excluding carboxylic acids is 3. The number of amides is 3. The number of likely N-dealkylation sites (tertiary alicyclic amines) is 1. The number of hydrogen-bond donors (Lipinski definition) is 1. The highest BCUT2D eigenvalue weighted by atomic mass is 35.5. The third kappa shape index (κ3) is 4.31. The normalized spacial score (nSPS) is 30.8. The third-order valence-electron chi connectivity index (χ3n) is 10.1. The Kier molecular flexibility index (Phi) is 6.72. The minimum atomic E-state index is -0.400. The number of halogens is 1. The number of thioether (sulfide) groups is 1. The maximum atomic E-state index is 14.0. The summed E-state index contributed by atoms with van der Waals surface area (Å²) in [5.74, 6) is -0.570. The molecule has 3 amide bonds. The first-order valence-corrected chi connectivity index (χ1v) is 17.0. The molecule has 11 heteroatoms. The number of H-pyrrole nitrogens is 1. The van der Waals surface area contributed by atoms with Gasteiger partial charge < -0.3 is 14.6 Å². The fourth-order valence-corrected chi connectivity index (χ4v) is 11.5. The second-order valence-electron chi connectivity index (χ2n) is 12.2. The van der Waals surface area contributed by atoms with Crippen LogP contribution in [0.3, 0.4) is 0 Å². The molecular weight excluding hydrogens is 606 g/mol. The van der Waals surface area contributed by atoms with Gasteiger partial charge in [-0.15, -0.1) is 11.8 Å². The fourth-order valence-electron chi connectivity index (χ4n) is 8.45. The molecule has 222 valence electrons. The van der Waals surface area contributed by atoms with Gasteiger partial charge in [0.15, 0.2) is 6.61 Å². The Morgan fingerprint density at radius 1 is 0.953 bits per heavy atom. The van der Waals surface area contributed by atoms with Gasteiger partial charge in [0, 0.05) is 39.7 Å². The van der Waals surface area contributed by atoms with Crippen LogP contribution in [0.15, 0.2) is 58.4 Å². The van der Waals surface area contributed by atoms with Crippen LogP contribution in [0.1, 0.15) is 42.0 Å². The molecular formula is C32H30ClN3O5S2. The summed E-state index contributed by atoms with van der Waals surface area (Å²) in [6.45, 7) is 1.49. The Balaban J connectivity index is 1.15. The van der Waals surface area contributed by atoms with E-state index in [1.54, 1.807) is 36.0 Å². The Labute approximate surface area is 261 Å². The number of nitrogens with zero attached hydrogens (tertiary/aromatic N) is 2. The van der Waals surface area contributed by atoms with Crippen LogP contribution in [-0.4, -0.2) is 52.6 Å². The molecule has 2 aromatic carbocycles. The highest BCUT2D eigenvalue weighted by Gasteiger charge is 2.69. The predicted octanol–water partition coefficient (Wildman–Crippen LogP) is 5.16. The largest absolute Gasteiger partial charge is 0.483 e. The molecule has 0 spiro atoms. The van der Waals surface area contributed by atoms with Gasteiger partial charge in [-0.3, -0.25) is 24.1 Å². The van der Waals surface area contributed by atoms with Crippen molar-refractivity contribution >= 4 is 58.1 Å². The summed E-state index contributed by atoms with van der Waals surface area (Å²) in [5.41, 5.74) is 1.48. The standard InChI is InChI=1S/C32H30ClN3O5S2/c33-16-8-10-17(11-9-16)36-30(38)25-19-14-20(26(25)31(36)39)27-24(19)23(28-29(42-27)34-32(40)43-28)18-6-2-3-7-21(18)41-15-22(37)35-12-4-1-5-13-35/h2-3,6-11,19-20,23-27H,1,4-5,12-15H2,(H,34,40)/t19-,20-,23+,24-,25+,26+,27-/m1/s1. The third-order valence-corrected chi connectivity index (χ3v) is 13.0. The lowest BCUT2D eigenvalue weighted by Crippen LogP contribution is -2.43. The summed E-state index contributed by atoms with van der Waals surface area (Å²) in [4.78, 5) is 60.6. The molecule has 3 aromatic rings. The summed E-state index contributed by atoms with van der Waals surface area (Å²) >= 11 is 8.96. The van der Waals surface area contributed by atoms with Crippen molar-refractivity contribution in [1.82, 2.24) is 9.88 Å². The molecule has 0 radical (unpaired) electrons. The number of carbonyl (C=O) groups is 3. The molecule has 8 nitrogen and oxygen atoms in total. The van der Waals surface area contributed by atoms with E-state index >= 15 is 0 Å². The van der Waals surface area contributed by atoms with Gasteiger partial charge in [0.05, 0.1) is 22.5 Å². The highest BCUT2D eigenvalue weighted by molar-refractivity contribution is 8.00. The van der Waals surface area contributed by atoms with Gasteiger partial charge in [-0.1, -0.05) is 41.1 Å². The molecule has 7 atom stereocenters. The number of hydrogen-bond acceptors (Lipinski definition) is 7. The molecule has 4 heterocycles. The van der Waals surface area contributed by atoms with Gasteiger partial charge in [0.25, 0.3) is 5.91 Å². The molecule has 2 saturated heterocycles. The van der Waals surface area contributed by atoms with Gasteiger partial charge in [-0.25, -0.2) is 0 Å². The number of para-hydroxylation sites is 1. The molecule has 5 aliphatic rings. The number of benzene rings is 2. The SMILES string of the molecule is O=C(COc1ccccc1[C@@H]1c2sc(=O)[nH]c2S[C@@H]2[C@@H]3C[C@@H]([C@@H]4C(=O)N(c5ccc(Cl)cc5)C(=O)[C@@H]34)[C@H]12)N1CCCCC1. The number of aromatic amines is 1. The van der Waals surface area contributed by atoms with E-state index in [0.29, 0.717) is 16.5 Å². The molecule has 2 saturated carbocycles. The minimum absolute atomic E-state index is 0.0142. The zero-order chi connectivity index (χ0) is 29.4. The Hall–Kier alpha value is -3.08. The lowest BCUT2D eigenvalue weighted by Gasteiger charge is -2.43. The van der Waals surface area contributed by atoms with Gasteiger partial charge in [-0.05, 0) is 73.8 Å². The van der Waals surface area contributed by atoms with Crippen molar-refractivity contribution in [3.05, 3.63) is 73.7 Å². The molecule has 1 N–H and O–H groups in total. The quantitative estimate of drug-likeness (QED) is 0.389. The van der Waals surface area contributed by atoms with Crippen molar-refractivity contribution in [1.29, 1.82) is 0 Å². The van der Waals surface area contributed by atoms with Crippen molar-refractivity contribution in [2.75, 3.05) is 24.6 Å². The van der Waals surface area contributed by atoms with Crippen LogP contribution in [0.4, 0.5) is 5.69 Å². The van der Waals surface area contributed by atoms with Crippen LogP contribution >= 0.6 is 34.7 Å². The Morgan fingerprint density at radius 2 is 1.67 bits per heavy atom. The van der Waals surface area contributed by atoms with Crippen molar-refractivity contribution in [2.45, 2.75) is 41.9 Å². The smallest absolute Gasteiger partial charge is 0.305 e. The van der Waals surface area contributed by atoms with Gasteiger partial charge in [0.1, 0.15) is 5.75 Å². The van der Waals surface area contributed by atoms with E-state index in [2.05, 4.69) is 4.98 Å². The number of nitrogens with one attached hydrogen (secondary N) is 1. The predicted molar refractivity (Wildman–Crippen MR) is 165 cm³/mol. The van der Waals surface area contributed by atoms with Crippen molar-refractivity contribution in [2.24, 2.45) is 29.6 Å². The maximum absolute atomic E-state index is 14.0. The topological polar surface area (TPSA) is 99.8 Å². The number of rotatable bonds is 5. The highest BCUT2D eigenvalue weighted by Crippen LogP contribution is 2.69. The molecule has 2 aliphatic carbocycles. The molecule has 0 unspecified atom stereocenters. The van der Waals surface area contributed by atoms with Crippen LogP contribution in [0.2, 0.25) is 5.02 Å². The second-order valence-corrected chi connectivity index (χ2v) is 14.9. The summed E-state index contributed by atoms with van der Waals surface area (Å²) in [6, 6.07) is 14.6. The van der Waals surface area contributed by atoms with E-state index in [0.717, 1.165) is 54.2 Å². The molecule has 2 bridgehead atoms. The Morgan fingerprint density at radius 3 is 2.44 bits per heavy atom. The second kappa shape index (κ2) is 10.5. The van der Waals surface area contributed by atoms with Crippen LogP contribution in [0.25, 0.3) is 0 Å². The summed E-state index contributed by atoms with van der Waals surface area (Å²) < 4.78 is 6.24. The first-order valence-electron chi connectivity index (χ1n) is 14.9. The number of aromatic nitrogens is 1. The average Bonchev–Trinajstić information content (AvgIpc) is 3.76. The summed E-state index contributed by atoms with van der Waals surface area (Å²) in [7, 11) is 0. The number of piperidine rings is 1. The van der Waals surface area contributed by atoms with Gasteiger partial charge in [0.2, 0.25) is 11.8 Å². The Bertz CT molecular complexity index is 1680. The van der Waals surface area contributed by atoms with E-state index in [1.807, 2.05) is 29.2 Å². The summed E-state index contributed by atoms with van der Waals surface area (Å²) in [6.07, 6.45) is 3.98. The minimum Gasteiger partial charge on any atom is -0.483 e. The monoisotopic (exact) mass is 635 g/mol. The average molecular weight is 636 g/mol. The van der Waals surface area contributed by atoms with Crippen LogP contribution in [-0.2, 0) is 14.4 Å². The summed E-state index contributed by atoms with van der Waals surface area (Å²) in [5, 5.41) is 1.46. The number of imide groups is 1. The number of fused-ring (bicyclic) bond motifs is 9. The van der Waals surface area contributed by atoms with E-state index in [4.69, 9.17) is 16.3 Å². The van der Waals surface area contributed by atoms with E-state index < -0.39 is 5.92 Å². The van der Waals surface area contributed by atoms with E-state index in [-0.39, 0.29) is 64.0 Å². The molecule has 43 heavy (non-hydrogen) atoms. The van der Waals surface area contributed by atoms with Crippen LogP contribution < -0.4 is 14.5 Å². The van der Waals surface area contributed by atoms with Crippen molar-refractivity contribution in [3.63, 3.8) is 0 Å². The lowest BCUT2D eigenvalue weighted by atomic mass is 9.68. The molecule has 1 aromatic heterocycles. The fraction of sp³-hybridized carbons (Fsp3) is 0.438. The molecule has 4 fully saturated rings. The molecule has 3 aliphatic heterocycles. The molecule has 8 rings (SSSR count). The van der Waals surface area contributed by atoms with Crippen molar-refractivity contribution < 1.29 is 19.1 Å². The number of thiazole rings is 1. The number of anilines is 1. The van der Waals surface area contributed by atoms with Crippen molar-refractivity contribution in [3.8, 4) is 5.75 Å². The van der Waals surface area contributed by atoms with Crippen LogP contribution in [0.5, 0.6) is 5.75 Å². The van der Waals surface area contributed by atoms with Gasteiger partial charge >= 0.3 is 4.87 Å². The zero-order valence-electron chi connectivity index (χ0n) is 23.2. The van der Waals surface area contributed by atoms with E-state index in [1.165, 1.54) is 16.2 Å².